The maximum absolute atomic E-state index is 13.2. The lowest BCUT2D eigenvalue weighted by Crippen LogP contribution is -2.42. The summed E-state index contributed by atoms with van der Waals surface area (Å²) in [4.78, 5) is -0.737. The van der Waals surface area contributed by atoms with Crippen LogP contribution in [-0.2, 0) is 16.2 Å². The van der Waals surface area contributed by atoms with E-state index in [0.717, 1.165) is 16.8 Å². The molecule has 130 valence electrons. The maximum Gasteiger partial charge on any atom is 0.417 e. The van der Waals surface area contributed by atoms with E-state index in [9.17, 15) is 21.6 Å². The molecule has 1 aliphatic rings. The summed E-state index contributed by atoms with van der Waals surface area (Å²) in [6.07, 6.45) is -3.31. The summed E-state index contributed by atoms with van der Waals surface area (Å²) in [6, 6.07) is 2.75. The zero-order chi connectivity index (χ0) is 17.3. The number of alkyl halides is 3. The predicted molar refractivity (Wildman–Crippen MR) is 81.9 cm³/mol. The highest BCUT2D eigenvalue weighted by Gasteiger charge is 2.40. The van der Waals surface area contributed by atoms with E-state index in [1.165, 1.54) is 6.07 Å². The largest absolute Gasteiger partial charge is 0.417 e. The molecule has 0 amide bonds. The molecule has 0 aromatic heterocycles. The SMILES string of the molecule is CNC[C@@H]1CCCN(S(=O)(=O)c2ccc(Cl)cc2C(F)(F)F)C1. The summed E-state index contributed by atoms with van der Waals surface area (Å²) < 4.78 is 66.0. The van der Waals surface area contributed by atoms with Gasteiger partial charge in [-0.2, -0.15) is 17.5 Å². The Balaban J connectivity index is 2.40. The number of rotatable bonds is 4. The fourth-order valence-corrected chi connectivity index (χ4v) is 4.71. The Bertz CT molecular complexity index is 662. The summed E-state index contributed by atoms with van der Waals surface area (Å²) in [5.41, 5.74) is -1.22. The van der Waals surface area contributed by atoms with E-state index >= 15 is 0 Å². The summed E-state index contributed by atoms with van der Waals surface area (Å²) in [5, 5.41) is 2.82. The third-order valence-electron chi connectivity index (χ3n) is 3.84. The van der Waals surface area contributed by atoms with Crippen molar-refractivity contribution in [2.45, 2.75) is 23.9 Å². The first-order chi connectivity index (χ1) is 10.7. The van der Waals surface area contributed by atoms with E-state index in [1.807, 2.05) is 0 Å². The minimum absolute atomic E-state index is 0.0881. The van der Waals surface area contributed by atoms with Crippen LogP contribution in [0.1, 0.15) is 18.4 Å². The smallest absolute Gasteiger partial charge is 0.319 e. The van der Waals surface area contributed by atoms with Gasteiger partial charge in [0.2, 0.25) is 10.0 Å². The van der Waals surface area contributed by atoms with Crippen molar-refractivity contribution in [1.82, 2.24) is 9.62 Å². The van der Waals surface area contributed by atoms with Gasteiger partial charge in [-0.1, -0.05) is 11.6 Å². The normalized spacial score (nSPS) is 20.7. The zero-order valence-electron chi connectivity index (χ0n) is 12.5. The van der Waals surface area contributed by atoms with Gasteiger partial charge in [0.25, 0.3) is 0 Å². The standard InChI is InChI=1S/C14H18ClF3N2O2S/c1-19-8-10-3-2-6-20(9-10)23(21,22)13-5-4-11(15)7-12(13)14(16,17)18/h4-5,7,10,19H,2-3,6,8-9H2,1H3/t10-/m0/s1. The van der Waals surface area contributed by atoms with Crippen LogP contribution in [0.3, 0.4) is 0 Å². The highest BCUT2D eigenvalue weighted by molar-refractivity contribution is 7.89. The maximum atomic E-state index is 13.2. The first kappa shape index (κ1) is 18.5. The first-order valence-corrected chi connectivity index (χ1v) is 8.99. The molecule has 0 aliphatic carbocycles. The average Bonchev–Trinajstić information content (AvgIpc) is 2.46. The molecule has 0 spiro atoms. The number of nitrogens with one attached hydrogen (secondary N) is 1. The Labute approximate surface area is 138 Å². The van der Waals surface area contributed by atoms with Crippen molar-refractivity contribution in [3.8, 4) is 0 Å². The van der Waals surface area contributed by atoms with Gasteiger partial charge in [-0.25, -0.2) is 8.42 Å². The molecular weight excluding hydrogens is 353 g/mol. The fourth-order valence-electron chi connectivity index (χ4n) is 2.79. The van der Waals surface area contributed by atoms with Crippen LogP contribution in [0.2, 0.25) is 5.02 Å². The second-order valence-electron chi connectivity index (χ2n) is 5.57. The van der Waals surface area contributed by atoms with Crippen LogP contribution < -0.4 is 5.32 Å². The summed E-state index contributed by atoms with van der Waals surface area (Å²) in [5.74, 6) is 0.0881. The van der Waals surface area contributed by atoms with Crippen LogP contribution in [0.15, 0.2) is 23.1 Å². The van der Waals surface area contributed by atoms with Crippen molar-refractivity contribution in [2.24, 2.45) is 5.92 Å². The van der Waals surface area contributed by atoms with Crippen LogP contribution in [0, 0.1) is 5.92 Å². The van der Waals surface area contributed by atoms with E-state index in [-0.39, 0.29) is 24.0 Å². The van der Waals surface area contributed by atoms with Gasteiger partial charge in [0.1, 0.15) is 0 Å². The molecular formula is C14H18ClF3N2O2S. The van der Waals surface area contributed by atoms with Gasteiger partial charge >= 0.3 is 6.18 Å². The molecule has 1 aromatic rings. The van der Waals surface area contributed by atoms with Gasteiger partial charge in [0, 0.05) is 18.1 Å². The molecule has 23 heavy (non-hydrogen) atoms. The van der Waals surface area contributed by atoms with Crippen molar-refractivity contribution >= 4 is 21.6 Å². The fraction of sp³-hybridized carbons (Fsp3) is 0.571. The van der Waals surface area contributed by atoms with Crippen LogP contribution >= 0.6 is 11.6 Å². The second-order valence-corrected chi connectivity index (χ2v) is 7.91. The summed E-state index contributed by atoms with van der Waals surface area (Å²) in [7, 11) is -2.46. The van der Waals surface area contributed by atoms with Crippen LogP contribution in [0.4, 0.5) is 13.2 Å². The number of piperidine rings is 1. The quantitative estimate of drug-likeness (QED) is 0.886. The van der Waals surface area contributed by atoms with Crippen molar-refractivity contribution < 1.29 is 21.6 Å². The number of hydrogen-bond acceptors (Lipinski definition) is 3. The highest BCUT2D eigenvalue weighted by Crippen LogP contribution is 2.37. The molecule has 0 bridgehead atoms. The molecule has 1 aromatic carbocycles. The van der Waals surface area contributed by atoms with Gasteiger partial charge in [0.05, 0.1) is 10.5 Å². The van der Waals surface area contributed by atoms with Crippen molar-refractivity contribution in [2.75, 3.05) is 26.7 Å². The first-order valence-electron chi connectivity index (χ1n) is 7.17. The molecule has 1 heterocycles. The van der Waals surface area contributed by atoms with Gasteiger partial charge in [-0.3, -0.25) is 0 Å². The zero-order valence-corrected chi connectivity index (χ0v) is 14.1. The van der Waals surface area contributed by atoms with Crippen molar-refractivity contribution in [3.63, 3.8) is 0 Å². The molecule has 4 nitrogen and oxygen atoms in total. The van der Waals surface area contributed by atoms with Gasteiger partial charge in [-0.15, -0.1) is 0 Å². The van der Waals surface area contributed by atoms with Crippen LogP contribution in [0.5, 0.6) is 0 Å². The Morgan fingerprint density at radius 2 is 2.09 bits per heavy atom. The minimum atomic E-state index is -4.78. The van der Waals surface area contributed by atoms with E-state index in [4.69, 9.17) is 11.6 Å². The topological polar surface area (TPSA) is 49.4 Å². The predicted octanol–water partition coefficient (Wildman–Crippen LogP) is 2.98. The van der Waals surface area contributed by atoms with E-state index in [1.54, 1.807) is 7.05 Å². The molecule has 9 heteroatoms. The number of benzene rings is 1. The number of hydrogen-bond donors (Lipinski definition) is 1. The molecule has 0 radical (unpaired) electrons. The lowest BCUT2D eigenvalue weighted by Gasteiger charge is -2.32. The number of nitrogens with zero attached hydrogens (tertiary/aromatic N) is 1. The van der Waals surface area contributed by atoms with Gasteiger partial charge in [0.15, 0.2) is 0 Å². The monoisotopic (exact) mass is 370 g/mol. The lowest BCUT2D eigenvalue weighted by molar-refractivity contribution is -0.139. The third kappa shape index (κ3) is 4.17. The van der Waals surface area contributed by atoms with Crippen molar-refractivity contribution in [1.29, 1.82) is 0 Å². The summed E-state index contributed by atoms with van der Waals surface area (Å²) >= 11 is 5.61. The molecule has 1 atom stereocenters. The van der Waals surface area contributed by atoms with Gasteiger partial charge in [-0.05, 0) is 50.6 Å². The Kier molecular flexibility index (Phi) is 5.60. The Hall–Kier alpha value is -0.830. The molecule has 2 rings (SSSR count). The Morgan fingerprint density at radius 3 is 2.70 bits per heavy atom. The van der Waals surface area contributed by atoms with E-state index in [0.29, 0.717) is 19.0 Å². The molecule has 1 saturated heterocycles. The minimum Gasteiger partial charge on any atom is -0.319 e. The molecule has 1 N–H and O–H groups in total. The Morgan fingerprint density at radius 1 is 1.39 bits per heavy atom. The molecule has 0 saturated carbocycles. The highest BCUT2D eigenvalue weighted by atomic mass is 35.5. The number of halogens is 4. The van der Waals surface area contributed by atoms with E-state index < -0.39 is 26.7 Å². The van der Waals surface area contributed by atoms with Crippen LogP contribution in [0.25, 0.3) is 0 Å². The van der Waals surface area contributed by atoms with E-state index in [2.05, 4.69) is 5.32 Å². The molecule has 1 aliphatic heterocycles. The molecule has 0 unspecified atom stereocenters. The number of sulfonamides is 1. The third-order valence-corrected chi connectivity index (χ3v) is 6.00. The molecule has 1 fully saturated rings. The van der Waals surface area contributed by atoms with Crippen molar-refractivity contribution in [3.05, 3.63) is 28.8 Å². The van der Waals surface area contributed by atoms with Gasteiger partial charge < -0.3 is 5.32 Å². The van der Waals surface area contributed by atoms with Crippen LogP contribution in [-0.4, -0.2) is 39.4 Å². The lowest BCUT2D eigenvalue weighted by atomic mass is 10.00. The second kappa shape index (κ2) is 6.96. The average molecular weight is 371 g/mol. The summed E-state index contributed by atoms with van der Waals surface area (Å²) in [6.45, 7) is 1.06.